The Kier molecular flexibility index (Phi) is 7.55. The number of likely N-dealkylation sites (N-methyl/N-ethyl adjacent to an activating group) is 1. The topological polar surface area (TPSA) is 76.3 Å². The zero-order valence-corrected chi connectivity index (χ0v) is 21.8. The van der Waals surface area contributed by atoms with Gasteiger partial charge in [0.2, 0.25) is 5.95 Å². The average Bonchev–Trinajstić information content (AvgIpc) is 3.37. The Morgan fingerprint density at radius 1 is 1.00 bits per heavy atom. The summed E-state index contributed by atoms with van der Waals surface area (Å²) in [6, 6.07) is 21.3. The van der Waals surface area contributed by atoms with Crippen molar-refractivity contribution in [2.45, 2.75) is 13.5 Å². The number of benzene rings is 3. The number of rotatable bonds is 7. The summed E-state index contributed by atoms with van der Waals surface area (Å²) >= 11 is 5.99. The number of imidazole rings is 1. The van der Waals surface area contributed by atoms with Crippen LogP contribution < -0.4 is 10.6 Å². The molecule has 2 heterocycles. The fourth-order valence-corrected chi connectivity index (χ4v) is 4.48. The molecule has 0 atom stereocenters. The van der Waals surface area contributed by atoms with Crippen LogP contribution in [0, 0.1) is 6.92 Å². The number of aromatic nitrogens is 2. The third kappa shape index (κ3) is 6.38. The summed E-state index contributed by atoms with van der Waals surface area (Å²) in [5, 5.41) is 7.03. The van der Waals surface area contributed by atoms with Gasteiger partial charge >= 0.3 is 0 Å². The van der Waals surface area contributed by atoms with Crippen molar-refractivity contribution in [1.29, 1.82) is 0 Å². The van der Waals surface area contributed by atoms with Crippen LogP contribution in [0.1, 0.15) is 21.5 Å². The van der Waals surface area contributed by atoms with Crippen molar-refractivity contribution in [2.24, 2.45) is 0 Å². The van der Waals surface area contributed by atoms with Crippen LogP contribution in [0.3, 0.4) is 0 Å². The van der Waals surface area contributed by atoms with Gasteiger partial charge in [0.25, 0.3) is 5.91 Å². The zero-order chi connectivity index (χ0) is 25.8. The van der Waals surface area contributed by atoms with Gasteiger partial charge in [-0.2, -0.15) is 0 Å². The monoisotopic (exact) mass is 514 g/mol. The van der Waals surface area contributed by atoms with Crippen LogP contribution in [0.15, 0.2) is 72.9 Å². The van der Waals surface area contributed by atoms with Gasteiger partial charge in [-0.05, 0) is 67.1 Å². The predicted molar refractivity (Wildman–Crippen MR) is 151 cm³/mol. The van der Waals surface area contributed by atoms with Crippen molar-refractivity contribution in [3.8, 4) is 11.3 Å². The molecule has 1 amide bonds. The van der Waals surface area contributed by atoms with E-state index in [1.807, 2.05) is 73.7 Å². The van der Waals surface area contributed by atoms with E-state index >= 15 is 0 Å². The Labute approximate surface area is 222 Å². The Bertz CT molecular complexity index is 1360. The molecular formula is C29H31ClN6O. The lowest BCUT2D eigenvalue weighted by molar-refractivity contribution is 0.102. The highest BCUT2D eigenvalue weighted by Gasteiger charge is 2.14. The molecular weight excluding hydrogens is 484 g/mol. The van der Waals surface area contributed by atoms with Crippen LogP contribution in [0.2, 0.25) is 5.02 Å². The highest BCUT2D eigenvalue weighted by atomic mass is 35.5. The van der Waals surface area contributed by atoms with Crippen LogP contribution in [0.5, 0.6) is 0 Å². The summed E-state index contributed by atoms with van der Waals surface area (Å²) in [6.45, 7) is 7.26. The van der Waals surface area contributed by atoms with Crippen LogP contribution in [-0.4, -0.2) is 58.9 Å². The van der Waals surface area contributed by atoms with Crippen molar-refractivity contribution in [1.82, 2.24) is 19.8 Å². The number of carbonyl (C=O) groups is 1. The molecule has 5 rings (SSSR count). The van der Waals surface area contributed by atoms with Gasteiger partial charge in [-0.3, -0.25) is 9.69 Å². The average molecular weight is 515 g/mol. The SMILES string of the molecule is Cc1ccc(NC(=O)c2ccc(CN3CCN(C)CC3)cc2)cc1Nc1ncc(-c2ccc(Cl)cc2)[nH]1. The van der Waals surface area contributed by atoms with Gasteiger partial charge in [-0.1, -0.05) is 41.9 Å². The van der Waals surface area contributed by atoms with Crippen molar-refractivity contribution in [3.05, 3.63) is 94.6 Å². The van der Waals surface area contributed by atoms with E-state index in [1.54, 1.807) is 6.20 Å². The molecule has 1 aliphatic rings. The molecule has 7 nitrogen and oxygen atoms in total. The number of anilines is 3. The van der Waals surface area contributed by atoms with E-state index in [9.17, 15) is 4.79 Å². The number of hydrogen-bond donors (Lipinski definition) is 3. The highest BCUT2D eigenvalue weighted by molar-refractivity contribution is 6.30. The summed E-state index contributed by atoms with van der Waals surface area (Å²) in [4.78, 5) is 25.5. The molecule has 3 N–H and O–H groups in total. The van der Waals surface area contributed by atoms with Gasteiger partial charge in [0.1, 0.15) is 0 Å². The molecule has 0 spiro atoms. The van der Waals surface area contributed by atoms with E-state index in [0.29, 0.717) is 22.2 Å². The Hall–Kier alpha value is -3.65. The maximum atomic E-state index is 12.9. The lowest BCUT2D eigenvalue weighted by Gasteiger charge is -2.32. The van der Waals surface area contributed by atoms with E-state index in [0.717, 1.165) is 55.2 Å². The number of nitrogens with one attached hydrogen (secondary N) is 3. The molecule has 0 radical (unpaired) electrons. The minimum atomic E-state index is -0.135. The lowest BCUT2D eigenvalue weighted by atomic mass is 10.1. The number of halogens is 1. The number of aryl methyl sites for hydroxylation is 1. The van der Waals surface area contributed by atoms with E-state index in [2.05, 4.69) is 37.4 Å². The van der Waals surface area contributed by atoms with Gasteiger partial charge in [0.15, 0.2) is 0 Å². The van der Waals surface area contributed by atoms with Crippen LogP contribution in [0.4, 0.5) is 17.3 Å². The molecule has 0 bridgehead atoms. The quantitative estimate of drug-likeness (QED) is 0.291. The first-order chi connectivity index (χ1) is 17.9. The first-order valence-electron chi connectivity index (χ1n) is 12.4. The summed E-state index contributed by atoms with van der Waals surface area (Å²) in [7, 11) is 2.16. The zero-order valence-electron chi connectivity index (χ0n) is 21.1. The third-order valence-corrected chi connectivity index (χ3v) is 6.95. The number of hydrogen-bond acceptors (Lipinski definition) is 5. The third-order valence-electron chi connectivity index (χ3n) is 6.70. The van der Waals surface area contributed by atoms with Crippen LogP contribution >= 0.6 is 11.6 Å². The largest absolute Gasteiger partial charge is 0.325 e. The fraction of sp³-hybridized carbons (Fsp3) is 0.241. The number of amides is 1. The molecule has 1 fully saturated rings. The molecule has 1 aliphatic heterocycles. The molecule has 0 unspecified atom stereocenters. The summed E-state index contributed by atoms with van der Waals surface area (Å²) in [6.07, 6.45) is 1.78. The van der Waals surface area contributed by atoms with E-state index < -0.39 is 0 Å². The maximum Gasteiger partial charge on any atom is 0.255 e. The van der Waals surface area contributed by atoms with Crippen molar-refractivity contribution in [2.75, 3.05) is 43.9 Å². The smallest absolute Gasteiger partial charge is 0.255 e. The first-order valence-corrected chi connectivity index (χ1v) is 12.8. The second-order valence-corrected chi connectivity index (χ2v) is 9.97. The normalized spacial score (nSPS) is 14.5. The van der Waals surface area contributed by atoms with Gasteiger partial charge in [-0.15, -0.1) is 0 Å². The molecule has 3 aromatic carbocycles. The standard InChI is InChI=1S/C29H31ClN6O/c1-20-3-12-25(17-26(20)33-29-31-18-27(34-29)22-8-10-24(30)11-9-22)32-28(37)23-6-4-21(5-7-23)19-36-15-13-35(2)14-16-36/h3-12,17-18H,13-16,19H2,1-2H3,(H,32,37)(H2,31,33,34). The minimum Gasteiger partial charge on any atom is -0.325 e. The van der Waals surface area contributed by atoms with Crippen molar-refractivity contribution >= 4 is 34.8 Å². The van der Waals surface area contributed by atoms with E-state index in [1.165, 1.54) is 5.56 Å². The van der Waals surface area contributed by atoms with Crippen LogP contribution in [0.25, 0.3) is 11.3 Å². The highest BCUT2D eigenvalue weighted by Crippen LogP contribution is 2.26. The van der Waals surface area contributed by atoms with Gasteiger partial charge in [0, 0.05) is 54.7 Å². The second-order valence-electron chi connectivity index (χ2n) is 9.54. The Morgan fingerprint density at radius 3 is 2.46 bits per heavy atom. The predicted octanol–water partition coefficient (Wildman–Crippen LogP) is 5.78. The number of piperazine rings is 1. The molecule has 0 aliphatic carbocycles. The number of nitrogens with zero attached hydrogens (tertiary/aromatic N) is 3. The van der Waals surface area contributed by atoms with E-state index in [4.69, 9.17) is 11.6 Å². The summed E-state index contributed by atoms with van der Waals surface area (Å²) in [5.74, 6) is 0.483. The molecule has 8 heteroatoms. The molecule has 0 saturated carbocycles. The van der Waals surface area contributed by atoms with E-state index in [-0.39, 0.29) is 5.91 Å². The van der Waals surface area contributed by atoms with Crippen LogP contribution in [-0.2, 0) is 6.54 Å². The summed E-state index contributed by atoms with van der Waals surface area (Å²) in [5.41, 5.74) is 6.35. The van der Waals surface area contributed by atoms with Gasteiger partial charge in [0.05, 0.1) is 11.9 Å². The lowest BCUT2D eigenvalue weighted by Crippen LogP contribution is -2.43. The molecule has 4 aromatic rings. The summed E-state index contributed by atoms with van der Waals surface area (Å²) < 4.78 is 0. The second kappa shape index (κ2) is 11.2. The van der Waals surface area contributed by atoms with Crippen molar-refractivity contribution < 1.29 is 4.79 Å². The molecule has 1 saturated heterocycles. The number of H-pyrrole nitrogens is 1. The number of aromatic amines is 1. The molecule has 37 heavy (non-hydrogen) atoms. The fourth-order valence-electron chi connectivity index (χ4n) is 4.35. The Balaban J connectivity index is 1.21. The maximum absolute atomic E-state index is 12.9. The van der Waals surface area contributed by atoms with Crippen molar-refractivity contribution in [3.63, 3.8) is 0 Å². The minimum absolute atomic E-state index is 0.135. The Morgan fingerprint density at radius 2 is 1.73 bits per heavy atom. The molecule has 1 aromatic heterocycles. The molecule has 190 valence electrons. The van der Waals surface area contributed by atoms with Gasteiger partial charge < -0.3 is 20.5 Å². The van der Waals surface area contributed by atoms with Gasteiger partial charge in [-0.25, -0.2) is 4.98 Å². The first kappa shape index (κ1) is 25.0. The number of carbonyl (C=O) groups excluding carboxylic acids is 1.